The highest BCUT2D eigenvalue weighted by atomic mass is 16.6. The summed E-state index contributed by atoms with van der Waals surface area (Å²) in [7, 11) is 0. The topological polar surface area (TPSA) is 250 Å². The molecule has 19 nitrogen and oxygen atoms in total. The molecule has 7 N–H and O–H groups in total. The molecule has 0 aliphatic carbocycles. The number of carbonyl (C=O) groups is 7. The van der Waals surface area contributed by atoms with Gasteiger partial charge in [-0.15, -0.1) is 0 Å². The van der Waals surface area contributed by atoms with Gasteiger partial charge in [-0.3, -0.25) is 14.4 Å². The summed E-state index contributed by atoms with van der Waals surface area (Å²) < 4.78 is 10.3. The maximum Gasteiger partial charge on any atom is 0.409 e. The molecule has 3 aliphatic rings. The molecular weight excluding hydrogens is 875 g/mol. The fraction of sp³-hybridized carbons (Fsp3) is 0.449. The van der Waals surface area contributed by atoms with Crippen LogP contribution in [0.4, 0.5) is 14.4 Å². The second-order valence-corrected chi connectivity index (χ2v) is 16.0. The lowest BCUT2D eigenvalue weighted by Crippen LogP contribution is -2.69. The second kappa shape index (κ2) is 27.5. The number of likely N-dealkylation sites (tertiary alicyclic amines) is 1. The van der Waals surface area contributed by atoms with Gasteiger partial charge in [0.2, 0.25) is 17.7 Å². The van der Waals surface area contributed by atoms with Crippen LogP contribution < -0.4 is 22.1 Å². The zero-order valence-corrected chi connectivity index (χ0v) is 39.3. The Labute approximate surface area is 398 Å². The summed E-state index contributed by atoms with van der Waals surface area (Å²) in [5.74, 6) is -2.57. The van der Waals surface area contributed by atoms with Crippen molar-refractivity contribution in [3.63, 3.8) is 0 Å². The molecule has 3 aromatic carbocycles. The number of carboxylic acids is 1. The van der Waals surface area contributed by atoms with E-state index in [1.165, 1.54) is 4.90 Å². The lowest BCUT2D eigenvalue weighted by molar-refractivity contribution is -0.167. The largest absolute Gasteiger partial charge is 0.480 e. The van der Waals surface area contributed by atoms with Crippen molar-refractivity contribution in [2.24, 2.45) is 17.4 Å². The number of hydrogen-bond donors (Lipinski definition) is 5. The quantitative estimate of drug-likeness (QED) is 0.102. The lowest BCUT2D eigenvalue weighted by atomic mass is 9.83. The second-order valence-electron chi connectivity index (χ2n) is 16.0. The number of rotatable bonds is 16. The van der Waals surface area contributed by atoms with Crippen molar-refractivity contribution in [2.75, 3.05) is 65.5 Å². The van der Waals surface area contributed by atoms with E-state index in [2.05, 4.69) is 17.2 Å². The molecule has 3 aliphatic heterocycles. The molecule has 3 aromatic rings. The molecule has 19 heteroatoms. The van der Waals surface area contributed by atoms with Gasteiger partial charge in [0.15, 0.2) is 6.04 Å². The lowest BCUT2D eigenvalue weighted by Gasteiger charge is -2.46. The highest BCUT2D eigenvalue weighted by Gasteiger charge is 2.55. The number of piperazine rings is 2. The van der Waals surface area contributed by atoms with Gasteiger partial charge in [0.25, 0.3) is 0 Å². The van der Waals surface area contributed by atoms with Crippen molar-refractivity contribution in [1.82, 2.24) is 35.1 Å². The Kier molecular flexibility index (Phi) is 21.6. The SMILES string of the molecule is C=C(N)NCCC[C@H]1C(=O)N(C(=O)N2CCN(C(=O)C(N)Cc3ccccc3)CC2)C1C(=O)O.CC.CCOC(=O)N1CCN(C(=O)C(Cc2ccccc2)NC(=O)OCc2ccccc2)CC1. The molecule has 4 atom stereocenters. The van der Waals surface area contributed by atoms with Crippen molar-refractivity contribution >= 4 is 41.9 Å². The van der Waals surface area contributed by atoms with Crippen LogP contribution >= 0.6 is 0 Å². The van der Waals surface area contributed by atoms with Crippen LogP contribution in [0.5, 0.6) is 0 Å². The van der Waals surface area contributed by atoms with Crippen LogP contribution in [-0.2, 0) is 48.1 Å². The highest BCUT2D eigenvalue weighted by Crippen LogP contribution is 2.32. The molecule has 368 valence electrons. The summed E-state index contributed by atoms with van der Waals surface area (Å²) in [6.45, 7) is 12.6. The molecule has 3 heterocycles. The molecular formula is C49H67N9O10. The average Bonchev–Trinajstić information content (AvgIpc) is 3.35. The number of aliphatic carboxylic acids is 1. The summed E-state index contributed by atoms with van der Waals surface area (Å²) in [4.78, 5) is 94.7. The number of carbonyl (C=O) groups excluding carboxylic acids is 6. The third-order valence-corrected chi connectivity index (χ3v) is 11.4. The van der Waals surface area contributed by atoms with Crippen LogP contribution in [0.3, 0.4) is 0 Å². The van der Waals surface area contributed by atoms with E-state index in [9.17, 15) is 38.7 Å². The fourth-order valence-electron chi connectivity index (χ4n) is 7.86. The molecule has 6 rings (SSSR count). The Hall–Kier alpha value is -7.15. The van der Waals surface area contributed by atoms with Crippen LogP contribution in [0.1, 0.15) is 50.3 Å². The number of ether oxygens (including phenoxy) is 2. The molecule has 0 saturated carbocycles. The van der Waals surface area contributed by atoms with Crippen LogP contribution in [0.25, 0.3) is 0 Å². The first-order chi connectivity index (χ1) is 32.8. The zero-order chi connectivity index (χ0) is 49.6. The first kappa shape index (κ1) is 53.5. The minimum absolute atomic E-state index is 0.122. The average molecular weight is 942 g/mol. The first-order valence-electron chi connectivity index (χ1n) is 23.1. The van der Waals surface area contributed by atoms with E-state index < -0.39 is 48.0 Å². The molecule has 7 amide bonds. The van der Waals surface area contributed by atoms with Crippen molar-refractivity contribution in [1.29, 1.82) is 0 Å². The van der Waals surface area contributed by atoms with E-state index in [-0.39, 0.29) is 50.7 Å². The van der Waals surface area contributed by atoms with Crippen LogP contribution in [0, 0.1) is 5.92 Å². The predicted octanol–water partition coefficient (Wildman–Crippen LogP) is 3.38. The number of nitrogens with two attached hydrogens (primary N) is 2. The van der Waals surface area contributed by atoms with Gasteiger partial charge in [-0.1, -0.05) is 111 Å². The standard InChI is InChI=1S/C24H29N3O5.C23H32N6O5.C2H6/c1-2-31-24(30)27-15-13-26(14-16-27)22(28)21(17-19-9-5-3-6-10-19)25-23(29)32-18-20-11-7-4-8-12-20;1-15(24)26-9-5-8-17-19(22(32)33)29(20(17)30)23(34)28-12-10-27(11-13-28)21(31)18(25)14-16-6-3-2-4-7-16;1-2/h3-12,21H,2,13-18H2,1H3,(H,25,29);2-4,6-7,17-19,26H,1,5,8-14,24-25H2,(H,32,33);1-2H3/t;17-,18?,19?;/m.1./s1. The Balaban J connectivity index is 0.000000287. The number of carboxylic acid groups (broad SMARTS) is 1. The van der Waals surface area contributed by atoms with E-state index in [0.29, 0.717) is 70.8 Å². The molecule has 3 unspecified atom stereocenters. The monoisotopic (exact) mass is 942 g/mol. The van der Waals surface area contributed by atoms with E-state index in [0.717, 1.165) is 21.6 Å². The summed E-state index contributed by atoms with van der Waals surface area (Å²) in [5.41, 5.74) is 14.3. The highest BCUT2D eigenvalue weighted by molar-refractivity contribution is 6.07. The summed E-state index contributed by atoms with van der Waals surface area (Å²) in [6, 6.07) is 25.1. The third kappa shape index (κ3) is 15.7. The van der Waals surface area contributed by atoms with Gasteiger partial charge in [-0.2, -0.15) is 0 Å². The molecule has 0 radical (unpaired) electrons. The first-order valence-corrected chi connectivity index (χ1v) is 23.1. The molecule has 3 fully saturated rings. The van der Waals surface area contributed by atoms with Crippen LogP contribution in [-0.4, -0.2) is 155 Å². The number of urea groups is 1. The van der Waals surface area contributed by atoms with Gasteiger partial charge < -0.3 is 56.3 Å². The molecule has 0 bridgehead atoms. The van der Waals surface area contributed by atoms with Gasteiger partial charge in [0.1, 0.15) is 12.6 Å². The maximum absolute atomic E-state index is 13.2. The number of imide groups is 1. The summed E-state index contributed by atoms with van der Waals surface area (Å²) in [5, 5.41) is 15.2. The van der Waals surface area contributed by atoms with E-state index in [4.69, 9.17) is 20.9 Å². The van der Waals surface area contributed by atoms with Crippen LogP contribution in [0.2, 0.25) is 0 Å². The number of benzene rings is 3. The Morgan fingerprint density at radius 3 is 1.72 bits per heavy atom. The zero-order valence-electron chi connectivity index (χ0n) is 39.3. The number of nitrogens with one attached hydrogen (secondary N) is 2. The number of β-lactam (4-membered cyclic amide) rings is 1. The van der Waals surface area contributed by atoms with Gasteiger partial charge >= 0.3 is 24.2 Å². The Morgan fingerprint density at radius 2 is 1.21 bits per heavy atom. The third-order valence-electron chi connectivity index (χ3n) is 11.4. The summed E-state index contributed by atoms with van der Waals surface area (Å²) >= 11 is 0. The molecule has 68 heavy (non-hydrogen) atoms. The fourth-order valence-corrected chi connectivity index (χ4v) is 7.86. The number of nitrogens with zero attached hydrogens (tertiary/aromatic N) is 5. The Bertz CT molecular complexity index is 2120. The van der Waals surface area contributed by atoms with Crippen LogP contribution in [0.15, 0.2) is 103 Å². The van der Waals surface area contributed by atoms with Crippen molar-refractivity contribution in [3.05, 3.63) is 120 Å². The molecule has 0 aromatic heterocycles. The van der Waals surface area contributed by atoms with Gasteiger partial charge in [-0.05, 0) is 42.9 Å². The van der Waals surface area contributed by atoms with E-state index >= 15 is 0 Å². The van der Waals surface area contributed by atoms with E-state index in [1.54, 1.807) is 21.6 Å². The van der Waals surface area contributed by atoms with Crippen molar-refractivity contribution in [2.45, 2.75) is 71.2 Å². The van der Waals surface area contributed by atoms with E-state index in [1.807, 2.05) is 105 Å². The maximum atomic E-state index is 13.2. The number of amides is 7. The normalized spacial score (nSPS) is 17.4. The predicted molar refractivity (Wildman–Crippen MR) is 254 cm³/mol. The minimum Gasteiger partial charge on any atom is -0.480 e. The summed E-state index contributed by atoms with van der Waals surface area (Å²) in [6.07, 6.45) is 0.580. The smallest absolute Gasteiger partial charge is 0.409 e. The minimum atomic E-state index is -1.21. The Morgan fingerprint density at radius 1 is 0.721 bits per heavy atom. The number of alkyl carbamates (subject to hydrolysis) is 1. The van der Waals surface area contributed by atoms with Crippen molar-refractivity contribution < 1.29 is 48.1 Å². The van der Waals surface area contributed by atoms with Crippen molar-refractivity contribution in [3.8, 4) is 0 Å². The molecule has 3 saturated heterocycles. The van der Waals surface area contributed by atoms with Gasteiger partial charge in [0.05, 0.1) is 24.4 Å². The van der Waals surface area contributed by atoms with Gasteiger partial charge in [-0.25, -0.2) is 24.1 Å². The molecule has 0 spiro atoms. The van der Waals surface area contributed by atoms with Gasteiger partial charge in [0, 0.05) is 65.3 Å². The number of hydrogen-bond acceptors (Lipinski definition) is 12.